The van der Waals surface area contributed by atoms with E-state index in [1.54, 1.807) is 0 Å². The highest BCUT2D eigenvalue weighted by molar-refractivity contribution is 6.84. The SMILES string of the molecule is c1ccc(-c2ccc3c(c2)-c2cccc4c2B(O3)c2cc(-c3ccccc3-n3c5ccccc5c5ccccc53)ccc2O4)cc1. The van der Waals surface area contributed by atoms with Crippen LogP contribution < -0.4 is 20.3 Å². The van der Waals surface area contributed by atoms with Gasteiger partial charge in [-0.2, -0.15) is 0 Å². The van der Waals surface area contributed by atoms with Gasteiger partial charge in [0.1, 0.15) is 17.2 Å². The number of hydrogen-bond acceptors (Lipinski definition) is 2. The summed E-state index contributed by atoms with van der Waals surface area (Å²) < 4.78 is 15.8. The van der Waals surface area contributed by atoms with E-state index in [1.165, 1.54) is 32.9 Å². The number of aromatic nitrogens is 1. The number of para-hydroxylation sites is 3. The molecule has 0 radical (unpaired) electrons. The molecule has 0 fully saturated rings. The molecule has 0 bridgehead atoms. The van der Waals surface area contributed by atoms with Crippen LogP contribution in [-0.2, 0) is 0 Å². The minimum atomic E-state index is -0.273. The fourth-order valence-electron chi connectivity index (χ4n) is 7.42. The molecule has 7 aromatic carbocycles. The van der Waals surface area contributed by atoms with E-state index in [4.69, 9.17) is 9.39 Å². The maximum Gasteiger partial charge on any atom is 0.434 e. The predicted molar refractivity (Wildman–Crippen MR) is 189 cm³/mol. The van der Waals surface area contributed by atoms with Gasteiger partial charge in [-0.3, -0.25) is 0 Å². The van der Waals surface area contributed by atoms with Crippen molar-refractivity contribution < 1.29 is 9.39 Å². The zero-order chi connectivity index (χ0) is 30.2. The van der Waals surface area contributed by atoms with E-state index in [9.17, 15) is 0 Å². The zero-order valence-corrected chi connectivity index (χ0v) is 24.9. The van der Waals surface area contributed by atoms with Crippen LogP contribution >= 0.6 is 0 Å². The molecule has 0 aliphatic carbocycles. The molecule has 2 aliphatic heterocycles. The normalized spacial score (nSPS) is 12.7. The third kappa shape index (κ3) is 3.67. The largest absolute Gasteiger partial charge is 0.551 e. The van der Waals surface area contributed by atoms with Crippen LogP contribution in [0.4, 0.5) is 0 Å². The Morgan fingerprint density at radius 1 is 0.435 bits per heavy atom. The summed E-state index contributed by atoms with van der Waals surface area (Å²) in [7, 11) is 0. The molecule has 214 valence electrons. The molecule has 3 nitrogen and oxygen atoms in total. The van der Waals surface area contributed by atoms with E-state index in [0.29, 0.717) is 0 Å². The third-order valence-electron chi connectivity index (χ3n) is 9.50. The Balaban J connectivity index is 1.13. The zero-order valence-electron chi connectivity index (χ0n) is 24.9. The van der Waals surface area contributed by atoms with Gasteiger partial charge in [-0.15, -0.1) is 0 Å². The van der Waals surface area contributed by atoms with Crippen molar-refractivity contribution in [2.45, 2.75) is 0 Å². The van der Waals surface area contributed by atoms with Crippen molar-refractivity contribution in [2.75, 3.05) is 0 Å². The molecule has 0 atom stereocenters. The smallest absolute Gasteiger partial charge is 0.434 e. The first-order valence-corrected chi connectivity index (χ1v) is 15.7. The summed E-state index contributed by atoms with van der Waals surface area (Å²) in [6.07, 6.45) is 0. The second-order valence-corrected chi connectivity index (χ2v) is 12.0. The van der Waals surface area contributed by atoms with Gasteiger partial charge >= 0.3 is 6.92 Å². The van der Waals surface area contributed by atoms with Crippen LogP contribution in [0.2, 0.25) is 0 Å². The van der Waals surface area contributed by atoms with Crippen molar-refractivity contribution in [3.05, 3.63) is 158 Å². The molecule has 4 heteroatoms. The van der Waals surface area contributed by atoms with Gasteiger partial charge in [-0.05, 0) is 64.7 Å². The Kier molecular flexibility index (Phi) is 5.37. The molecule has 8 aromatic rings. The molecule has 0 amide bonds. The maximum atomic E-state index is 6.88. The van der Waals surface area contributed by atoms with E-state index in [1.807, 2.05) is 6.07 Å². The maximum absolute atomic E-state index is 6.88. The molecular weight excluding hydrogens is 561 g/mol. The molecular formula is C42H26BNO2. The molecule has 3 heterocycles. The quantitative estimate of drug-likeness (QED) is 0.192. The van der Waals surface area contributed by atoms with Crippen LogP contribution in [0.5, 0.6) is 17.2 Å². The molecule has 2 aliphatic rings. The van der Waals surface area contributed by atoms with E-state index >= 15 is 0 Å². The summed E-state index contributed by atoms with van der Waals surface area (Å²) in [6.45, 7) is -0.273. The van der Waals surface area contributed by atoms with Gasteiger partial charge in [0.15, 0.2) is 0 Å². The van der Waals surface area contributed by atoms with Crippen molar-refractivity contribution in [1.29, 1.82) is 0 Å². The van der Waals surface area contributed by atoms with E-state index in [2.05, 4.69) is 156 Å². The van der Waals surface area contributed by atoms with Gasteiger partial charge in [0.25, 0.3) is 0 Å². The second-order valence-electron chi connectivity index (χ2n) is 12.0. The van der Waals surface area contributed by atoms with Gasteiger partial charge in [0.05, 0.1) is 16.7 Å². The van der Waals surface area contributed by atoms with E-state index in [0.717, 1.165) is 56.1 Å². The molecule has 0 unspecified atom stereocenters. The molecule has 1 aromatic heterocycles. The highest BCUT2D eigenvalue weighted by Crippen LogP contribution is 2.42. The van der Waals surface area contributed by atoms with Crippen molar-refractivity contribution >= 4 is 39.6 Å². The summed E-state index contributed by atoms with van der Waals surface area (Å²) in [5.41, 5.74) is 12.5. The first-order chi connectivity index (χ1) is 22.8. The van der Waals surface area contributed by atoms with E-state index < -0.39 is 0 Å². The first-order valence-electron chi connectivity index (χ1n) is 15.7. The summed E-state index contributed by atoms with van der Waals surface area (Å²) >= 11 is 0. The lowest BCUT2D eigenvalue weighted by atomic mass is 9.50. The minimum absolute atomic E-state index is 0.273. The summed E-state index contributed by atoms with van der Waals surface area (Å²) in [4.78, 5) is 0. The fraction of sp³-hybridized carbons (Fsp3) is 0. The molecule has 46 heavy (non-hydrogen) atoms. The lowest BCUT2D eigenvalue weighted by Gasteiger charge is -2.33. The van der Waals surface area contributed by atoms with Crippen molar-refractivity contribution in [3.8, 4) is 56.3 Å². The molecule has 0 saturated carbocycles. The van der Waals surface area contributed by atoms with Gasteiger partial charge in [0.2, 0.25) is 0 Å². The predicted octanol–water partition coefficient (Wildman–Crippen LogP) is 9.39. The minimum Gasteiger partial charge on any atom is -0.551 e. The fourth-order valence-corrected chi connectivity index (χ4v) is 7.42. The highest BCUT2D eigenvalue weighted by Gasteiger charge is 2.40. The third-order valence-corrected chi connectivity index (χ3v) is 9.50. The monoisotopic (exact) mass is 587 g/mol. The van der Waals surface area contributed by atoms with Crippen LogP contribution in [0.3, 0.4) is 0 Å². The summed E-state index contributed by atoms with van der Waals surface area (Å²) in [6, 6.07) is 55.8. The molecule has 10 rings (SSSR count). The Morgan fingerprint density at radius 3 is 1.93 bits per heavy atom. The Bertz CT molecular complexity index is 2440. The number of fused-ring (bicyclic) bond motifs is 7. The van der Waals surface area contributed by atoms with Crippen LogP contribution in [0.25, 0.3) is 60.9 Å². The van der Waals surface area contributed by atoms with Crippen molar-refractivity contribution in [1.82, 2.24) is 4.57 Å². The highest BCUT2D eigenvalue weighted by atomic mass is 16.5. The van der Waals surface area contributed by atoms with Crippen molar-refractivity contribution in [2.24, 2.45) is 0 Å². The standard InChI is InChI=1S/C42H26BNO2/c1-2-11-27(12-3-1)28-21-23-39-34(25-28)33-16-10-20-41-42(33)43(46-39)35-26-29(22-24-40(35)45-41)30-13-4-7-17-36(30)44-37-18-8-5-14-31(37)32-15-6-9-19-38(32)44/h1-26H. The topological polar surface area (TPSA) is 23.4 Å². The lowest BCUT2D eigenvalue weighted by molar-refractivity contribution is 0.479. The van der Waals surface area contributed by atoms with Crippen LogP contribution in [0, 0.1) is 0 Å². The molecule has 0 N–H and O–H groups in total. The van der Waals surface area contributed by atoms with Gasteiger partial charge < -0.3 is 14.0 Å². The molecule has 0 saturated heterocycles. The number of ether oxygens (including phenoxy) is 1. The number of rotatable bonds is 3. The van der Waals surface area contributed by atoms with Crippen LogP contribution in [0.1, 0.15) is 0 Å². The summed E-state index contributed by atoms with van der Waals surface area (Å²) in [5.74, 6) is 2.57. The second kappa shape index (κ2) is 9.75. The van der Waals surface area contributed by atoms with Gasteiger partial charge in [0, 0.05) is 32.8 Å². The van der Waals surface area contributed by atoms with Crippen molar-refractivity contribution in [3.63, 3.8) is 0 Å². The first kappa shape index (κ1) is 25.3. The average Bonchev–Trinajstić information content (AvgIpc) is 3.46. The summed E-state index contributed by atoms with van der Waals surface area (Å²) in [5, 5.41) is 2.50. The lowest BCUT2D eigenvalue weighted by Crippen LogP contribution is -2.53. The Labute approximate surface area is 267 Å². The average molecular weight is 587 g/mol. The van der Waals surface area contributed by atoms with Gasteiger partial charge in [-0.25, -0.2) is 0 Å². The van der Waals surface area contributed by atoms with E-state index in [-0.39, 0.29) is 6.92 Å². The molecule has 0 spiro atoms. The Morgan fingerprint density at radius 2 is 1.11 bits per heavy atom. The number of hydrogen-bond donors (Lipinski definition) is 0. The van der Waals surface area contributed by atoms with Gasteiger partial charge in [-0.1, -0.05) is 115 Å². The number of benzene rings is 7. The number of nitrogens with zero attached hydrogens (tertiary/aromatic N) is 1. The van der Waals surface area contributed by atoms with Crippen LogP contribution in [-0.4, -0.2) is 11.5 Å². The Hall–Kier alpha value is -6.00. The van der Waals surface area contributed by atoms with Crippen LogP contribution in [0.15, 0.2) is 158 Å².